The van der Waals surface area contributed by atoms with Crippen molar-refractivity contribution in [3.05, 3.63) is 30.2 Å². The van der Waals surface area contributed by atoms with Gasteiger partial charge < -0.3 is 10.2 Å². The third-order valence-electron chi connectivity index (χ3n) is 3.63. The molecule has 0 atom stereocenters. The lowest BCUT2D eigenvalue weighted by atomic mass is 9.77. The van der Waals surface area contributed by atoms with Gasteiger partial charge in [0.05, 0.1) is 6.26 Å². The molecule has 0 unspecified atom stereocenters. The van der Waals surface area contributed by atoms with Crippen molar-refractivity contribution in [3.8, 4) is 0 Å². The summed E-state index contributed by atoms with van der Waals surface area (Å²) in [5, 5.41) is 1.08. The molecule has 2 heterocycles. The number of hydrogen-bond donors (Lipinski definition) is 1. The second-order valence-electron chi connectivity index (χ2n) is 4.72. The van der Waals surface area contributed by atoms with Crippen molar-refractivity contribution in [1.82, 2.24) is 4.98 Å². The predicted octanol–water partition coefficient (Wildman–Crippen LogP) is 2.95. The number of aromatic nitrogens is 1. The molecule has 2 aromatic heterocycles. The fourth-order valence-electron chi connectivity index (χ4n) is 2.71. The number of rotatable bonds is 1. The molecule has 3 heteroatoms. The van der Waals surface area contributed by atoms with Gasteiger partial charge in [0.15, 0.2) is 0 Å². The first-order valence-corrected chi connectivity index (χ1v) is 5.91. The Balaban J connectivity index is 2.11. The smallest absolute Gasteiger partial charge is 0.226 e. The Morgan fingerprint density at radius 1 is 1.25 bits per heavy atom. The summed E-state index contributed by atoms with van der Waals surface area (Å²) in [6, 6.07) is 3.98. The first kappa shape index (κ1) is 9.85. The molecule has 0 bridgehead atoms. The molecule has 1 saturated carbocycles. The molecule has 0 radical (unpaired) electrons. The predicted molar refractivity (Wildman–Crippen MR) is 63.0 cm³/mol. The summed E-state index contributed by atoms with van der Waals surface area (Å²) in [6.07, 6.45) is 9.37. The maximum absolute atomic E-state index is 6.50. The molecule has 0 aromatic carbocycles. The zero-order chi connectivity index (χ0) is 11.0. The van der Waals surface area contributed by atoms with Crippen LogP contribution in [-0.4, -0.2) is 4.98 Å². The van der Waals surface area contributed by atoms with Crippen LogP contribution in [0.1, 0.15) is 37.7 Å². The van der Waals surface area contributed by atoms with Crippen LogP contribution in [0.15, 0.2) is 29.0 Å². The number of hydrogen-bond acceptors (Lipinski definition) is 3. The van der Waals surface area contributed by atoms with Crippen LogP contribution < -0.4 is 5.73 Å². The lowest BCUT2D eigenvalue weighted by molar-refractivity contribution is 0.302. The van der Waals surface area contributed by atoms with E-state index in [-0.39, 0.29) is 5.54 Å². The maximum atomic E-state index is 6.50. The van der Waals surface area contributed by atoms with Crippen molar-refractivity contribution in [2.75, 3.05) is 0 Å². The molecule has 1 aliphatic carbocycles. The van der Waals surface area contributed by atoms with E-state index in [1.807, 2.05) is 12.1 Å². The summed E-state index contributed by atoms with van der Waals surface area (Å²) in [6.45, 7) is 0. The van der Waals surface area contributed by atoms with Crippen molar-refractivity contribution in [2.24, 2.45) is 5.73 Å². The van der Waals surface area contributed by atoms with E-state index in [2.05, 4.69) is 4.98 Å². The summed E-state index contributed by atoms with van der Waals surface area (Å²) >= 11 is 0. The van der Waals surface area contributed by atoms with Gasteiger partial charge in [-0.2, -0.15) is 0 Å². The summed E-state index contributed by atoms with van der Waals surface area (Å²) in [4.78, 5) is 4.21. The first-order chi connectivity index (χ1) is 7.80. The second kappa shape index (κ2) is 3.59. The maximum Gasteiger partial charge on any atom is 0.226 e. The summed E-state index contributed by atoms with van der Waals surface area (Å²) in [7, 11) is 0. The monoisotopic (exact) mass is 216 g/mol. The molecule has 0 amide bonds. The topological polar surface area (TPSA) is 52.0 Å². The minimum atomic E-state index is -0.202. The molecule has 16 heavy (non-hydrogen) atoms. The quantitative estimate of drug-likeness (QED) is 0.797. The highest BCUT2D eigenvalue weighted by atomic mass is 16.3. The highest BCUT2D eigenvalue weighted by molar-refractivity contribution is 5.78. The van der Waals surface area contributed by atoms with Crippen LogP contribution in [0.25, 0.3) is 11.1 Å². The Labute approximate surface area is 94.7 Å². The average Bonchev–Trinajstić information content (AvgIpc) is 2.74. The summed E-state index contributed by atoms with van der Waals surface area (Å²) in [5.74, 6) is 0. The number of furan rings is 1. The van der Waals surface area contributed by atoms with E-state index in [0.717, 1.165) is 23.8 Å². The Morgan fingerprint density at radius 3 is 2.88 bits per heavy atom. The number of nitrogens with zero attached hydrogens (tertiary/aromatic N) is 1. The van der Waals surface area contributed by atoms with Crippen LogP contribution in [0.4, 0.5) is 0 Å². The van der Waals surface area contributed by atoms with E-state index in [4.69, 9.17) is 10.2 Å². The van der Waals surface area contributed by atoms with Crippen LogP contribution in [-0.2, 0) is 5.54 Å². The van der Waals surface area contributed by atoms with E-state index in [0.29, 0.717) is 5.71 Å². The Hall–Kier alpha value is -1.35. The van der Waals surface area contributed by atoms with Gasteiger partial charge in [0.1, 0.15) is 0 Å². The van der Waals surface area contributed by atoms with E-state index in [1.54, 1.807) is 12.5 Å². The molecule has 1 aliphatic rings. The molecule has 0 saturated heterocycles. The standard InChI is InChI=1S/C13H16N2O/c14-13(6-2-1-3-7-13)11-9-16-12-10(11)5-4-8-15-12/h4-5,8-9H,1-3,6-7,14H2. The van der Waals surface area contributed by atoms with E-state index < -0.39 is 0 Å². The van der Waals surface area contributed by atoms with Gasteiger partial charge in [-0.15, -0.1) is 0 Å². The number of nitrogens with two attached hydrogens (primary N) is 1. The van der Waals surface area contributed by atoms with Gasteiger partial charge in [-0.3, -0.25) is 0 Å². The molecule has 0 spiro atoms. The van der Waals surface area contributed by atoms with E-state index >= 15 is 0 Å². The third kappa shape index (κ3) is 1.43. The van der Waals surface area contributed by atoms with E-state index in [9.17, 15) is 0 Å². The van der Waals surface area contributed by atoms with Gasteiger partial charge >= 0.3 is 0 Å². The van der Waals surface area contributed by atoms with Crippen LogP contribution >= 0.6 is 0 Å². The van der Waals surface area contributed by atoms with E-state index in [1.165, 1.54) is 19.3 Å². The lowest BCUT2D eigenvalue weighted by Crippen LogP contribution is -2.38. The van der Waals surface area contributed by atoms with Gasteiger partial charge in [0, 0.05) is 22.7 Å². The lowest BCUT2D eigenvalue weighted by Gasteiger charge is -2.32. The SMILES string of the molecule is NC1(c2coc3ncccc23)CCCCC1. The van der Waals surface area contributed by atoms with Crippen LogP contribution in [0.2, 0.25) is 0 Å². The highest BCUT2D eigenvalue weighted by Gasteiger charge is 2.32. The number of fused-ring (bicyclic) bond motifs is 1. The van der Waals surface area contributed by atoms with Crippen molar-refractivity contribution in [1.29, 1.82) is 0 Å². The van der Waals surface area contributed by atoms with Gasteiger partial charge in [-0.1, -0.05) is 19.3 Å². The molecule has 0 aliphatic heterocycles. The molecule has 2 aromatic rings. The molecule has 84 valence electrons. The summed E-state index contributed by atoms with van der Waals surface area (Å²) in [5.41, 5.74) is 8.14. The zero-order valence-corrected chi connectivity index (χ0v) is 9.28. The normalized spacial score (nSPS) is 20.1. The largest absolute Gasteiger partial charge is 0.446 e. The summed E-state index contributed by atoms with van der Waals surface area (Å²) < 4.78 is 5.48. The van der Waals surface area contributed by atoms with Crippen molar-refractivity contribution in [3.63, 3.8) is 0 Å². The average molecular weight is 216 g/mol. The highest BCUT2D eigenvalue weighted by Crippen LogP contribution is 2.38. The fraction of sp³-hybridized carbons (Fsp3) is 0.462. The molecular weight excluding hydrogens is 200 g/mol. The molecule has 1 fully saturated rings. The second-order valence-corrected chi connectivity index (χ2v) is 4.72. The van der Waals surface area contributed by atoms with Crippen molar-refractivity contribution < 1.29 is 4.42 Å². The van der Waals surface area contributed by atoms with Gasteiger partial charge in [-0.25, -0.2) is 4.98 Å². The molecule has 3 nitrogen and oxygen atoms in total. The fourth-order valence-corrected chi connectivity index (χ4v) is 2.71. The number of pyridine rings is 1. The third-order valence-corrected chi connectivity index (χ3v) is 3.63. The zero-order valence-electron chi connectivity index (χ0n) is 9.28. The molecule has 2 N–H and O–H groups in total. The minimum absolute atomic E-state index is 0.202. The van der Waals surface area contributed by atoms with Crippen molar-refractivity contribution in [2.45, 2.75) is 37.6 Å². The Morgan fingerprint density at radius 2 is 2.06 bits per heavy atom. The first-order valence-electron chi connectivity index (χ1n) is 5.91. The van der Waals surface area contributed by atoms with Gasteiger partial charge in [0.2, 0.25) is 5.71 Å². The van der Waals surface area contributed by atoms with Gasteiger partial charge in [0.25, 0.3) is 0 Å². The molecule has 3 rings (SSSR count). The van der Waals surface area contributed by atoms with Crippen LogP contribution in [0, 0.1) is 0 Å². The minimum Gasteiger partial charge on any atom is -0.446 e. The van der Waals surface area contributed by atoms with Crippen LogP contribution in [0.5, 0.6) is 0 Å². The molecular formula is C13H16N2O. The van der Waals surface area contributed by atoms with Crippen molar-refractivity contribution >= 4 is 11.1 Å². The van der Waals surface area contributed by atoms with Gasteiger partial charge in [-0.05, 0) is 25.0 Å². The Bertz CT molecular complexity index is 497. The van der Waals surface area contributed by atoms with Crippen LogP contribution in [0.3, 0.4) is 0 Å². The Kier molecular flexibility index (Phi) is 2.21.